The number of hydrogen-bond acceptors (Lipinski definition) is 2. The molecule has 0 saturated carbocycles. The van der Waals surface area contributed by atoms with E-state index in [1.54, 1.807) is 0 Å². The molecule has 4 heteroatoms. The smallest absolute Gasteiger partial charge is 0.122 e. The lowest BCUT2D eigenvalue weighted by Gasteiger charge is -2.09. The Labute approximate surface area is 90.8 Å². The van der Waals surface area contributed by atoms with Crippen molar-refractivity contribution in [2.45, 2.75) is 6.54 Å². The van der Waals surface area contributed by atoms with Gasteiger partial charge in [0.25, 0.3) is 0 Å². The Hall–Kier alpha value is -1.06. The molecule has 0 spiro atoms. The Balaban J connectivity index is 0.00000169. The predicted octanol–water partition coefficient (Wildman–Crippen LogP) is 1.45. The van der Waals surface area contributed by atoms with Crippen molar-refractivity contribution in [1.82, 2.24) is 4.90 Å². The average Bonchev–Trinajstić information content (AvgIpc) is 2.04. The number of nitrogens with two attached hydrogens (primary N) is 1. The van der Waals surface area contributed by atoms with Gasteiger partial charge in [0, 0.05) is 12.1 Å². The zero-order chi connectivity index (χ0) is 9.84. The number of rotatable bonds is 3. The SMILES string of the molecule is CN(C)Cc1ccc(C(=N)N)cc1.Cl. The fourth-order valence-corrected chi connectivity index (χ4v) is 1.15. The normalized spacial score (nSPS) is 9.64. The van der Waals surface area contributed by atoms with Crippen LogP contribution < -0.4 is 5.73 Å². The molecule has 0 atom stereocenters. The Morgan fingerprint density at radius 1 is 1.29 bits per heavy atom. The summed E-state index contributed by atoms with van der Waals surface area (Å²) in [7, 11) is 4.05. The quantitative estimate of drug-likeness (QED) is 0.590. The average molecular weight is 214 g/mol. The second kappa shape index (κ2) is 5.62. The van der Waals surface area contributed by atoms with Gasteiger partial charge in [-0.1, -0.05) is 24.3 Å². The molecule has 0 bridgehead atoms. The van der Waals surface area contributed by atoms with Crippen molar-refractivity contribution in [3.05, 3.63) is 35.4 Å². The third-order valence-electron chi connectivity index (χ3n) is 1.76. The summed E-state index contributed by atoms with van der Waals surface area (Å²) in [6.45, 7) is 0.915. The van der Waals surface area contributed by atoms with Crippen LogP contribution in [0.15, 0.2) is 24.3 Å². The minimum Gasteiger partial charge on any atom is -0.384 e. The van der Waals surface area contributed by atoms with Crippen molar-refractivity contribution in [1.29, 1.82) is 5.41 Å². The molecule has 1 aromatic carbocycles. The van der Waals surface area contributed by atoms with E-state index in [9.17, 15) is 0 Å². The van der Waals surface area contributed by atoms with Crippen molar-refractivity contribution >= 4 is 18.2 Å². The summed E-state index contributed by atoms with van der Waals surface area (Å²) in [5.74, 6) is 0.122. The van der Waals surface area contributed by atoms with Crippen molar-refractivity contribution in [3.63, 3.8) is 0 Å². The summed E-state index contributed by atoms with van der Waals surface area (Å²) in [5.41, 5.74) is 7.35. The van der Waals surface area contributed by atoms with Gasteiger partial charge in [0.05, 0.1) is 0 Å². The van der Waals surface area contributed by atoms with Crippen LogP contribution in [-0.4, -0.2) is 24.8 Å². The maximum Gasteiger partial charge on any atom is 0.122 e. The monoisotopic (exact) mass is 213 g/mol. The van der Waals surface area contributed by atoms with E-state index in [1.165, 1.54) is 5.56 Å². The van der Waals surface area contributed by atoms with Crippen LogP contribution in [-0.2, 0) is 6.54 Å². The topological polar surface area (TPSA) is 53.1 Å². The van der Waals surface area contributed by atoms with Crippen LogP contribution in [0.1, 0.15) is 11.1 Å². The molecule has 78 valence electrons. The zero-order valence-corrected chi connectivity index (χ0v) is 9.27. The van der Waals surface area contributed by atoms with E-state index in [4.69, 9.17) is 11.1 Å². The molecule has 0 aliphatic heterocycles. The van der Waals surface area contributed by atoms with Crippen molar-refractivity contribution in [2.24, 2.45) is 5.73 Å². The number of hydrogen-bond donors (Lipinski definition) is 2. The van der Waals surface area contributed by atoms with Crippen LogP contribution in [0, 0.1) is 5.41 Å². The molecule has 0 saturated heterocycles. The first-order valence-corrected chi connectivity index (χ1v) is 4.17. The molecule has 3 N–H and O–H groups in total. The summed E-state index contributed by atoms with van der Waals surface area (Å²) in [6, 6.07) is 7.75. The number of nitrogens with one attached hydrogen (secondary N) is 1. The fourth-order valence-electron chi connectivity index (χ4n) is 1.15. The molecular formula is C10H16ClN3. The van der Waals surface area contributed by atoms with Gasteiger partial charge < -0.3 is 10.6 Å². The zero-order valence-electron chi connectivity index (χ0n) is 8.45. The molecule has 14 heavy (non-hydrogen) atoms. The first-order valence-electron chi connectivity index (χ1n) is 4.17. The Morgan fingerprint density at radius 3 is 2.14 bits per heavy atom. The number of halogens is 1. The van der Waals surface area contributed by atoms with Crippen LogP contribution in [0.25, 0.3) is 0 Å². The van der Waals surface area contributed by atoms with Gasteiger partial charge in [-0.3, -0.25) is 5.41 Å². The first kappa shape index (κ1) is 12.9. The maximum absolute atomic E-state index is 7.21. The molecule has 0 aromatic heterocycles. The van der Waals surface area contributed by atoms with E-state index in [-0.39, 0.29) is 18.2 Å². The van der Waals surface area contributed by atoms with Gasteiger partial charge in [0.1, 0.15) is 5.84 Å². The molecule has 1 rings (SSSR count). The van der Waals surface area contributed by atoms with Gasteiger partial charge in [0.15, 0.2) is 0 Å². The number of nitrogen functional groups attached to an aromatic ring is 1. The molecule has 0 amide bonds. The van der Waals surface area contributed by atoms with Crippen LogP contribution in [0.2, 0.25) is 0 Å². The van der Waals surface area contributed by atoms with Crippen molar-refractivity contribution in [2.75, 3.05) is 14.1 Å². The third-order valence-corrected chi connectivity index (χ3v) is 1.76. The van der Waals surface area contributed by atoms with E-state index in [1.807, 2.05) is 38.4 Å². The Morgan fingerprint density at radius 2 is 1.79 bits per heavy atom. The number of amidine groups is 1. The lowest BCUT2D eigenvalue weighted by molar-refractivity contribution is 0.402. The van der Waals surface area contributed by atoms with Crippen LogP contribution >= 0.6 is 12.4 Å². The molecule has 1 aromatic rings. The molecule has 0 fully saturated rings. The molecule has 0 aliphatic carbocycles. The highest BCUT2D eigenvalue weighted by molar-refractivity contribution is 5.94. The minimum atomic E-state index is 0. The van der Waals surface area contributed by atoms with Crippen LogP contribution in [0.5, 0.6) is 0 Å². The molecular weight excluding hydrogens is 198 g/mol. The summed E-state index contributed by atoms with van der Waals surface area (Å²) < 4.78 is 0. The van der Waals surface area contributed by atoms with Crippen molar-refractivity contribution < 1.29 is 0 Å². The second-order valence-corrected chi connectivity index (χ2v) is 3.35. The summed E-state index contributed by atoms with van der Waals surface area (Å²) in [5, 5.41) is 7.21. The summed E-state index contributed by atoms with van der Waals surface area (Å²) >= 11 is 0. The molecule has 0 aliphatic rings. The van der Waals surface area contributed by atoms with E-state index in [0.717, 1.165) is 12.1 Å². The number of benzene rings is 1. The highest BCUT2D eigenvalue weighted by Crippen LogP contribution is 2.05. The predicted molar refractivity (Wildman–Crippen MR) is 62.1 cm³/mol. The Bertz CT molecular complexity index is 293. The van der Waals surface area contributed by atoms with Gasteiger partial charge in [0.2, 0.25) is 0 Å². The highest BCUT2D eigenvalue weighted by Gasteiger charge is 1.97. The molecule has 0 heterocycles. The third kappa shape index (κ3) is 3.77. The maximum atomic E-state index is 7.21. The van der Waals surface area contributed by atoms with Gasteiger partial charge in [-0.15, -0.1) is 12.4 Å². The fraction of sp³-hybridized carbons (Fsp3) is 0.300. The van der Waals surface area contributed by atoms with E-state index < -0.39 is 0 Å². The van der Waals surface area contributed by atoms with Crippen molar-refractivity contribution in [3.8, 4) is 0 Å². The highest BCUT2D eigenvalue weighted by atomic mass is 35.5. The largest absolute Gasteiger partial charge is 0.384 e. The van der Waals surface area contributed by atoms with Gasteiger partial charge in [-0.2, -0.15) is 0 Å². The van der Waals surface area contributed by atoms with E-state index in [0.29, 0.717) is 0 Å². The lowest BCUT2D eigenvalue weighted by Crippen LogP contribution is -2.12. The van der Waals surface area contributed by atoms with Crippen LogP contribution in [0.4, 0.5) is 0 Å². The molecule has 3 nitrogen and oxygen atoms in total. The lowest BCUT2D eigenvalue weighted by atomic mass is 10.1. The summed E-state index contributed by atoms with van der Waals surface area (Å²) in [6.07, 6.45) is 0. The van der Waals surface area contributed by atoms with Gasteiger partial charge in [-0.25, -0.2) is 0 Å². The number of nitrogens with zero attached hydrogens (tertiary/aromatic N) is 1. The molecule has 0 unspecified atom stereocenters. The van der Waals surface area contributed by atoms with E-state index >= 15 is 0 Å². The van der Waals surface area contributed by atoms with Gasteiger partial charge >= 0.3 is 0 Å². The Kier molecular flexibility index (Phi) is 5.20. The second-order valence-electron chi connectivity index (χ2n) is 3.35. The minimum absolute atomic E-state index is 0. The summed E-state index contributed by atoms with van der Waals surface area (Å²) in [4.78, 5) is 2.10. The van der Waals surface area contributed by atoms with E-state index in [2.05, 4.69) is 4.90 Å². The van der Waals surface area contributed by atoms with Crippen LogP contribution in [0.3, 0.4) is 0 Å². The standard InChI is InChI=1S/C10H15N3.ClH/c1-13(2)7-8-3-5-9(6-4-8)10(11)12;/h3-6H,7H2,1-2H3,(H3,11,12);1H. The van der Waals surface area contributed by atoms with Gasteiger partial charge in [-0.05, 0) is 19.7 Å². The molecule has 0 radical (unpaired) electrons. The first-order chi connectivity index (χ1) is 6.09.